The molecule has 0 bridgehead atoms. The van der Waals surface area contributed by atoms with Gasteiger partial charge in [-0.05, 0) is 44.9 Å². The molecule has 0 heterocycles. The smallest absolute Gasteiger partial charge is 0.457 e. The summed E-state index contributed by atoms with van der Waals surface area (Å²) in [4.78, 5) is 22.5. The summed E-state index contributed by atoms with van der Waals surface area (Å²) in [5, 5.41) is 18.3. The summed E-state index contributed by atoms with van der Waals surface area (Å²) in [5.41, 5.74) is 0. The number of hydrogen-bond donors (Lipinski definition) is 3. The molecule has 0 aliphatic rings. The molecule has 48 heavy (non-hydrogen) atoms. The maximum atomic E-state index is 12.5. The van der Waals surface area contributed by atoms with Gasteiger partial charge in [-0.25, -0.2) is 4.57 Å². The molecule has 0 spiro atoms. The highest BCUT2D eigenvalue weighted by Gasteiger charge is 2.26. The van der Waals surface area contributed by atoms with E-state index in [1.54, 1.807) is 0 Å². The van der Waals surface area contributed by atoms with Crippen LogP contribution >= 0.6 is 7.82 Å². The van der Waals surface area contributed by atoms with Crippen LogP contribution in [0.5, 0.6) is 0 Å². The molecular formula is C38H73O9P. The van der Waals surface area contributed by atoms with E-state index in [1.807, 2.05) is 0 Å². The summed E-state index contributed by atoms with van der Waals surface area (Å²) < 4.78 is 33.2. The topological polar surface area (TPSA) is 132 Å². The highest BCUT2D eigenvalue weighted by molar-refractivity contribution is 7.47. The van der Waals surface area contributed by atoms with Crippen LogP contribution in [0.1, 0.15) is 168 Å². The van der Waals surface area contributed by atoms with Crippen LogP contribution < -0.4 is 0 Å². The van der Waals surface area contributed by atoms with Crippen molar-refractivity contribution in [3.8, 4) is 0 Å². The van der Waals surface area contributed by atoms with Crippen molar-refractivity contribution < 1.29 is 43.0 Å². The zero-order valence-electron chi connectivity index (χ0n) is 30.7. The van der Waals surface area contributed by atoms with Gasteiger partial charge in [-0.15, -0.1) is 0 Å². The summed E-state index contributed by atoms with van der Waals surface area (Å²) >= 11 is 0. The Bertz CT molecular complexity index is 805. The number of aliphatic hydroxyl groups is 2. The number of rotatable bonds is 37. The number of phosphoric ester groups is 1. The standard InChI is InChI=1S/C38H73O9P/c1-3-5-7-9-11-13-15-16-17-18-19-20-21-22-24-26-28-30-38(41)47-37(35-46-48(42,43)45-33-36(40)32-39)34-44-31-29-27-25-23-14-12-10-8-6-4-2/h11,13,16-17,36-37,39-40H,3-10,12,14-15,18-35H2,1-2H3,(H,42,43)/b13-11-,17-16-. The molecule has 0 fully saturated rings. The lowest BCUT2D eigenvalue weighted by molar-refractivity contribution is -0.154. The van der Waals surface area contributed by atoms with Crippen molar-refractivity contribution in [2.45, 2.75) is 180 Å². The third-order valence-corrected chi connectivity index (χ3v) is 9.09. The largest absolute Gasteiger partial charge is 0.472 e. The number of hydrogen-bond acceptors (Lipinski definition) is 8. The minimum atomic E-state index is -4.51. The van der Waals surface area contributed by atoms with Gasteiger partial charge in [0.05, 0.1) is 26.4 Å². The van der Waals surface area contributed by atoms with E-state index in [0.29, 0.717) is 6.61 Å². The predicted molar refractivity (Wildman–Crippen MR) is 196 cm³/mol. The van der Waals surface area contributed by atoms with E-state index in [1.165, 1.54) is 89.9 Å². The summed E-state index contributed by atoms with van der Waals surface area (Å²) in [5.74, 6) is -0.391. The Hall–Kier alpha value is -1.06. The monoisotopic (exact) mass is 704 g/mol. The van der Waals surface area contributed by atoms with Crippen LogP contribution in [0.25, 0.3) is 0 Å². The number of phosphoric acid groups is 1. The zero-order valence-corrected chi connectivity index (χ0v) is 31.6. The summed E-state index contributed by atoms with van der Waals surface area (Å²) in [7, 11) is -4.51. The molecule has 0 amide bonds. The first-order valence-electron chi connectivity index (χ1n) is 19.3. The first-order valence-corrected chi connectivity index (χ1v) is 20.8. The van der Waals surface area contributed by atoms with E-state index < -0.39 is 39.2 Å². The second-order valence-electron chi connectivity index (χ2n) is 13.0. The molecule has 0 saturated carbocycles. The molecule has 0 aromatic carbocycles. The Labute approximate surface area is 293 Å². The highest BCUT2D eigenvalue weighted by atomic mass is 31.2. The van der Waals surface area contributed by atoms with Gasteiger partial charge >= 0.3 is 13.8 Å². The molecule has 0 aromatic rings. The Balaban J connectivity index is 4.20. The van der Waals surface area contributed by atoms with Gasteiger partial charge in [0, 0.05) is 13.0 Å². The van der Waals surface area contributed by atoms with Gasteiger partial charge in [-0.1, -0.05) is 141 Å². The quantitative estimate of drug-likeness (QED) is 0.0250. The molecule has 0 rings (SSSR count). The lowest BCUT2D eigenvalue weighted by Crippen LogP contribution is -2.29. The first-order chi connectivity index (χ1) is 23.3. The molecule has 3 atom stereocenters. The average molecular weight is 705 g/mol. The summed E-state index contributed by atoms with van der Waals surface area (Å²) in [6.07, 6.45) is 34.2. The number of unbranched alkanes of at least 4 members (excludes halogenated alkanes) is 19. The number of carbonyl (C=O) groups excluding carboxylic acids is 1. The van der Waals surface area contributed by atoms with Crippen LogP contribution in [0.15, 0.2) is 24.3 Å². The van der Waals surface area contributed by atoms with Crippen LogP contribution in [0, 0.1) is 0 Å². The van der Waals surface area contributed by atoms with Gasteiger partial charge in [-0.2, -0.15) is 0 Å². The van der Waals surface area contributed by atoms with Crippen LogP contribution in [0.2, 0.25) is 0 Å². The fourth-order valence-corrected chi connectivity index (χ4v) is 5.94. The van der Waals surface area contributed by atoms with Gasteiger partial charge < -0.3 is 24.6 Å². The second kappa shape index (κ2) is 35.8. The molecule has 284 valence electrons. The first kappa shape index (κ1) is 46.9. The number of ether oxygens (including phenoxy) is 2. The second-order valence-corrected chi connectivity index (χ2v) is 14.4. The number of esters is 1. The minimum absolute atomic E-state index is 0.0490. The van der Waals surface area contributed by atoms with Gasteiger partial charge in [0.25, 0.3) is 0 Å². The van der Waals surface area contributed by atoms with Crippen molar-refractivity contribution in [1.82, 2.24) is 0 Å². The lowest BCUT2D eigenvalue weighted by atomic mass is 10.1. The molecule has 0 saturated heterocycles. The van der Waals surface area contributed by atoms with Gasteiger partial charge in [0.2, 0.25) is 0 Å². The van der Waals surface area contributed by atoms with Crippen LogP contribution in [-0.2, 0) is 27.9 Å². The van der Waals surface area contributed by atoms with Crippen LogP contribution in [0.4, 0.5) is 0 Å². The van der Waals surface area contributed by atoms with Gasteiger partial charge in [-0.3, -0.25) is 13.8 Å². The minimum Gasteiger partial charge on any atom is -0.457 e. The Morgan fingerprint density at radius 2 is 1.12 bits per heavy atom. The molecule has 0 aromatic heterocycles. The van der Waals surface area contributed by atoms with Gasteiger partial charge in [0.1, 0.15) is 12.2 Å². The Morgan fingerprint density at radius 1 is 0.646 bits per heavy atom. The Kier molecular flexibility index (Phi) is 35.0. The summed E-state index contributed by atoms with van der Waals surface area (Å²) in [6.45, 7) is 3.47. The van der Waals surface area contributed by atoms with Crippen molar-refractivity contribution in [2.75, 3.05) is 33.0 Å². The molecule has 3 unspecified atom stereocenters. The molecule has 0 aliphatic carbocycles. The third-order valence-electron chi connectivity index (χ3n) is 8.14. The van der Waals surface area contributed by atoms with E-state index in [0.717, 1.165) is 57.8 Å². The molecule has 0 aliphatic heterocycles. The molecule has 3 N–H and O–H groups in total. The predicted octanol–water partition coefficient (Wildman–Crippen LogP) is 9.92. The SMILES string of the molecule is CCCCC/C=C\C/C=C\CCCCCCCCCC(=O)OC(COCCCCCCCCCCCC)COP(=O)(O)OCC(O)CO. The van der Waals surface area contributed by atoms with Crippen molar-refractivity contribution >= 4 is 13.8 Å². The maximum Gasteiger partial charge on any atom is 0.472 e. The van der Waals surface area contributed by atoms with Crippen LogP contribution in [-0.4, -0.2) is 66.3 Å². The van der Waals surface area contributed by atoms with E-state index in [9.17, 15) is 19.4 Å². The summed E-state index contributed by atoms with van der Waals surface area (Å²) in [6, 6.07) is 0. The zero-order chi connectivity index (χ0) is 35.4. The van der Waals surface area contributed by atoms with Crippen molar-refractivity contribution in [3.63, 3.8) is 0 Å². The number of allylic oxidation sites excluding steroid dienone is 4. The van der Waals surface area contributed by atoms with Gasteiger partial charge in [0.15, 0.2) is 0 Å². The fourth-order valence-electron chi connectivity index (χ4n) is 5.15. The van der Waals surface area contributed by atoms with E-state index in [2.05, 4.69) is 38.2 Å². The number of carbonyl (C=O) groups is 1. The molecular weight excluding hydrogens is 631 g/mol. The molecule has 10 heteroatoms. The van der Waals surface area contributed by atoms with Crippen molar-refractivity contribution in [1.29, 1.82) is 0 Å². The van der Waals surface area contributed by atoms with E-state index in [-0.39, 0.29) is 19.6 Å². The molecule has 9 nitrogen and oxygen atoms in total. The van der Waals surface area contributed by atoms with Crippen LogP contribution in [0.3, 0.4) is 0 Å². The lowest BCUT2D eigenvalue weighted by Gasteiger charge is -2.20. The number of aliphatic hydroxyl groups excluding tert-OH is 2. The third kappa shape index (κ3) is 34.8. The maximum absolute atomic E-state index is 12.5. The Morgan fingerprint density at radius 3 is 1.71 bits per heavy atom. The fraction of sp³-hybridized carbons (Fsp3) is 0.868. The molecule has 0 radical (unpaired) electrons. The van der Waals surface area contributed by atoms with Crippen molar-refractivity contribution in [2.24, 2.45) is 0 Å². The normalized spacial score (nSPS) is 14.5. The average Bonchev–Trinajstić information content (AvgIpc) is 3.07. The van der Waals surface area contributed by atoms with Crippen molar-refractivity contribution in [3.05, 3.63) is 24.3 Å². The van der Waals surface area contributed by atoms with E-state index in [4.69, 9.17) is 23.6 Å². The van der Waals surface area contributed by atoms with E-state index >= 15 is 0 Å². The highest BCUT2D eigenvalue weighted by Crippen LogP contribution is 2.43.